The topological polar surface area (TPSA) is 46.3 Å². The van der Waals surface area contributed by atoms with Gasteiger partial charge in [-0.05, 0) is 31.1 Å². The smallest absolute Gasteiger partial charge is 0.239 e. The number of hydrogen-bond donors (Lipinski definition) is 1. The first-order chi connectivity index (χ1) is 7.68. The van der Waals surface area contributed by atoms with Gasteiger partial charge >= 0.3 is 0 Å². The van der Waals surface area contributed by atoms with Gasteiger partial charge < -0.3 is 10.6 Å². The van der Waals surface area contributed by atoms with Crippen molar-refractivity contribution >= 4 is 5.91 Å². The zero-order valence-electron chi connectivity index (χ0n) is 10.3. The van der Waals surface area contributed by atoms with Crippen LogP contribution < -0.4 is 5.73 Å². The van der Waals surface area contributed by atoms with E-state index in [-0.39, 0.29) is 11.9 Å². The first-order valence-corrected chi connectivity index (χ1v) is 6.73. The molecule has 2 aliphatic rings. The van der Waals surface area contributed by atoms with Crippen molar-refractivity contribution in [2.45, 2.75) is 51.5 Å². The van der Waals surface area contributed by atoms with Crippen LogP contribution in [-0.2, 0) is 4.79 Å². The summed E-state index contributed by atoms with van der Waals surface area (Å²) in [6.45, 7) is 4.04. The summed E-state index contributed by atoms with van der Waals surface area (Å²) >= 11 is 0. The van der Waals surface area contributed by atoms with Gasteiger partial charge in [0.25, 0.3) is 0 Å². The summed E-state index contributed by atoms with van der Waals surface area (Å²) in [5.74, 6) is 1.30. The van der Waals surface area contributed by atoms with Gasteiger partial charge in [0, 0.05) is 13.1 Å². The fourth-order valence-corrected chi connectivity index (χ4v) is 3.04. The molecule has 1 aliphatic heterocycles. The maximum atomic E-state index is 12.2. The lowest BCUT2D eigenvalue weighted by Crippen LogP contribution is -2.47. The molecule has 1 saturated heterocycles. The zero-order chi connectivity index (χ0) is 11.5. The zero-order valence-corrected chi connectivity index (χ0v) is 10.3. The Bertz CT molecular complexity index is 248. The van der Waals surface area contributed by atoms with E-state index in [9.17, 15) is 4.79 Å². The lowest BCUT2D eigenvalue weighted by atomic mass is 9.84. The van der Waals surface area contributed by atoms with Gasteiger partial charge in [-0.3, -0.25) is 4.79 Å². The number of rotatable bonds is 2. The minimum Gasteiger partial charge on any atom is -0.341 e. The van der Waals surface area contributed by atoms with E-state index in [0.29, 0.717) is 11.8 Å². The lowest BCUT2D eigenvalue weighted by Gasteiger charge is -2.29. The third kappa shape index (κ3) is 2.57. The summed E-state index contributed by atoms with van der Waals surface area (Å²) in [7, 11) is 0. The molecule has 92 valence electrons. The molecule has 0 aromatic carbocycles. The van der Waals surface area contributed by atoms with Gasteiger partial charge in [0.1, 0.15) is 0 Å². The predicted molar refractivity (Wildman–Crippen MR) is 64.9 cm³/mol. The fraction of sp³-hybridized carbons (Fsp3) is 0.923. The molecule has 3 heteroatoms. The molecule has 0 radical (unpaired) electrons. The van der Waals surface area contributed by atoms with Crippen molar-refractivity contribution in [3.63, 3.8) is 0 Å². The van der Waals surface area contributed by atoms with Crippen molar-refractivity contribution in [1.82, 2.24) is 4.90 Å². The second-order valence-corrected chi connectivity index (χ2v) is 5.60. The summed E-state index contributed by atoms with van der Waals surface area (Å²) in [5.41, 5.74) is 6.13. The Kier molecular flexibility index (Phi) is 3.85. The molecule has 1 unspecified atom stereocenters. The molecule has 2 N–H and O–H groups in total. The van der Waals surface area contributed by atoms with E-state index in [1.54, 1.807) is 0 Å². The van der Waals surface area contributed by atoms with Gasteiger partial charge in [0.2, 0.25) is 5.91 Å². The number of nitrogens with zero attached hydrogens (tertiary/aromatic N) is 1. The molecule has 2 atom stereocenters. The van der Waals surface area contributed by atoms with E-state index < -0.39 is 0 Å². The van der Waals surface area contributed by atoms with Gasteiger partial charge in [-0.2, -0.15) is 0 Å². The van der Waals surface area contributed by atoms with Crippen LogP contribution in [-0.4, -0.2) is 29.9 Å². The monoisotopic (exact) mass is 224 g/mol. The van der Waals surface area contributed by atoms with Crippen molar-refractivity contribution in [2.24, 2.45) is 17.6 Å². The van der Waals surface area contributed by atoms with Gasteiger partial charge in [0.05, 0.1) is 6.04 Å². The summed E-state index contributed by atoms with van der Waals surface area (Å²) in [6.07, 6.45) is 7.26. The SMILES string of the molecule is CC1CCN(C(=O)[C@@H](N)C2CCCCC2)C1. The number of likely N-dealkylation sites (tertiary alicyclic amines) is 1. The molecule has 1 aliphatic carbocycles. The van der Waals surface area contributed by atoms with E-state index in [1.807, 2.05) is 4.90 Å². The third-order valence-electron chi connectivity index (χ3n) is 4.18. The average molecular weight is 224 g/mol. The largest absolute Gasteiger partial charge is 0.341 e. The number of amides is 1. The minimum atomic E-state index is -0.231. The van der Waals surface area contributed by atoms with E-state index >= 15 is 0 Å². The molecular weight excluding hydrogens is 200 g/mol. The second-order valence-electron chi connectivity index (χ2n) is 5.60. The van der Waals surface area contributed by atoms with E-state index in [4.69, 9.17) is 5.73 Å². The number of nitrogens with two attached hydrogens (primary N) is 1. The summed E-state index contributed by atoms with van der Waals surface area (Å²) in [5, 5.41) is 0. The molecule has 1 saturated carbocycles. The van der Waals surface area contributed by atoms with Crippen LogP contribution >= 0.6 is 0 Å². The molecule has 1 amide bonds. The van der Waals surface area contributed by atoms with Crippen molar-refractivity contribution in [3.05, 3.63) is 0 Å². The molecule has 3 nitrogen and oxygen atoms in total. The Hall–Kier alpha value is -0.570. The van der Waals surface area contributed by atoms with E-state index in [1.165, 1.54) is 19.3 Å². The normalized spacial score (nSPS) is 29.4. The summed E-state index contributed by atoms with van der Waals surface area (Å²) in [4.78, 5) is 14.2. The third-order valence-corrected chi connectivity index (χ3v) is 4.18. The van der Waals surface area contributed by atoms with Crippen molar-refractivity contribution in [2.75, 3.05) is 13.1 Å². The highest BCUT2D eigenvalue weighted by molar-refractivity contribution is 5.82. The Morgan fingerprint density at radius 3 is 2.50 bits per heavy atom. The Balaban J connectivity index is 1.88. The van der Waals surface area contributed by atoms with Crippen molar-refractivity contribution in [1.29, 1.82) is 0 Å². The van der Waals surface area contributed by atoms with Crippen LogP contribution in [0, 0.1) is 11.8 Å². The number of hydrogen-bond acceptors (Lipinski definition) is 2. The van der Waals surface area contributed by atoms with E-state index in [2.05, 4.69) is 6.92 Å². The first-order valence-electron chi connectivity index (χ1n) is 6.73. The van der Waals surface area contributed by atoms with Crippen LogP contribution in [0.3, 0.4) is 0 Å². The Morgan fingerprint density at radius 2 is 1.94 bits per heavy atom. The van der Waals surface area contributed by atoms with Crippen LogP contribution in [0.25, 0.3) is 0 Å². The highest BCUT2D eigenvalue weighted by atomic mass is 16.2. The first kappa shape index (κ1) is 11.9. The fourth-order valence-electron chi connectivity index (χ4n) is 3.04. The van der Waals surface area contributed by atoms with Gasteiger partial charge in [-0.25, -0.2) is 0 Å². The summed E-state index contributed by atoms with van der Waals surface area (Å²) in [6, 6.07) is -0.231. The Labute approximate surface area is 98.4 Å². The van der Waals surface area contributed by atoms with Crippen LogP contribution in [0.2, 0.25) is 0 Å². The van der Waals surface area contributed by atoms with Gasteiger partial charge in [0.15, 0.2) is 0 Å². The molecule has 0 aromatic rings. The highest BCUT2D eigenvalue weighted by Crippen LogP contribution is 2.27. The number of carbonyl (C=O) groups excluding carboxylic acids is 1. The maximum absolute atomic E-state index is 12.2. The summed E-state index contributed by atoms with van der Waals surface area (Å²) < 4.78 is 0. The van der Waals surface area contributed by atoms with Crippen LogP contribution in [0.4, 0.5) is 0 Å². The number of carbonyl (C=O) groups is 1. The molecule has 2 fully saturated rings. The average Bonchev–Trinajstić information content (AvgIpc) is 2.75. The highest BCUT2D eigenvalue weighted by Gasteiger charge is 2.32. The molecule has 1 heterocycles. The van der Waals surface area contributed by atoms with E-state index in [0.717, 1.165) is 32.4 Å². The lowest BCUT2D eigenvalue weighted by molar-refractivity contribution is -0.133. The van der Waals surface area contributed by atoms with Crippen molar-refractivity contribution < 1.29 is 4.79 Å². The quantitative estimate of drug-likeness (QED) is 0.777. The molecule has 16 heavy (non-hydrogen) atoms. The molecule has 0 bridgehead atoms. The second kappa shape index (κ2) is 5.17. The van der Waals surface area contributed by atoms with Crippen molar-refractivity contribution in [3.8, 4) is 0 Å². The molecule has 0 spiro atoms. The minimum absolute atomic E-state index is 0.205. The molecule has 2 rings (SSSR count). The van der Waals surface area contributed by atoms with Crippen LogP contribution in [0.1, 0.15) is 45.4 Å². The Morgan fingerprint density at radius 1 is 1.25 bits per heavy atom. The van der Waals surface area contributed by atoms with Crippen LogP contribution in [0.5, 0.6) is 0 Å². The molecule has 0 aromatic heterocycles. The standard InChI is InChI=1S/C13H24N2O/c1-10-7-8-15(9-10)13(16)12(14)11-5-3-2-4-6-11/h10-12H,2-9,14H2,1H3/t10?,12-/m0/s1. The molecular formula is C13H24N2O. The van der Waals surface area contributed by atoms with Gasteiger partial charge in [-0.15, -0.1) is 0 Å². The predicted octanol–water partition coefficient (Wildman–Crippen LogP) is 1.76. The van der Waals surface area contributed by atoms with Crippen LogP contribution in [0.15, 0.2) is 0 Å². The van der Waals surface area contributed by atoms with Gasteiger partial charge in [-0.1, -0.05) is 26.2 Å². The maximum Gasteiger partial charge on any atom is 0.239 e.